The van der Waals surface area contributed by atoms with Gasteiger partial charge in [0.05, 0.1) is 18.4 Å². The van der Waals surface area contributed by atoms with Crippen LogP contribution in [0.5, 0.6) is 6.01 Å². The van der Waals surface area contributed by atoms with E-state index in [0.29, 0.717) is 34.1 Å². The lowest BCUT2D eigenvalue weighted by molar-refractivity contribution is -0.138. The molecule has 0 saturated carbocycles. The summed E-state index contributed by atoms with van der Waals surface area (Å²) in [4.78, 5) is 12.5. The standard InChI is InChI=1S/C23H27F3N4OS/c1-3-4-5-6-7-8-9-16-10-11-18(12-19(16)23(24,25)26)29-22-30-20(15-32-22)17-13-27-21(31-2)28-14-17/h10-15H,3-9H2,1-2H3,(H,29,30). The largest absolute Gasteiger partial charge is 0.467 e. The third-order valence-corrected chi connectivity index (χ3v) is 5.83. The quantitative estimate of drug-likeness (QED) is 0.302. The molecule has 3 rings (SSSR count). The number of alkyl halides is 3. The highest BCUT2D eigenvalue weighted by Crippen LogP contribution is 2.36. The van der Waals surface area contributed by atoms with Crippen molar-refractivity contribution >= 4 is 22.2 Å². The number of unbranched alkanes of at least 4 members (excludes halogenated alkanes) is 5. The summed E-state index contributed by atoms with van der Waals surface area (Å²) in [5.74, 6) is 0. The molecule has 9 heteroatoms. The van der Waals surface area contributed by atoms with E-state index in [1.165, 1.54) is 30.9 Å². The molecule has 32 heavy (non-hydrogen) atoms. The average molecular weight is 465 g/mol. The van der Waals surface area contributed by atoms with E-state index in [1.54, 1.807) is 29.9 Å². The molecule has 1 aromatic carbocycles. The van der Waals surface area contributed by atoms with Crippen LogP contribution >= 0.6 is 11.3 Å². The lowest BCUT2D eigenvalue weighted by Crippen LogP contribution is -2.10. The predicted octanol–water partition coefficient (Wildman–Crippen LogP) is 7.27. The fourth-order valence-corrected chi connectivity index (χ4v) is 4.11. The molecule has 0 atom stereocenters. The fraction of sp³-hybridized carbons (Fsp3) is 0.435. The third kappa shape index (κ3) is 6.66. The molecule has 1 N–H and O–H groups in total. The zero-order valence-electron chi connectivity index (χ0n) is 18.2. The van der Waals surface area contributed by atoms with Crippen LogP contribution in [-0.4, -0.2) is 22.1 Å². The van der Waals surface area contributed by atoms with Gasteiger partial charge in [-0.2, -0.15) is 13.2 Å². The Bertz CT molecular complexity index is 990. The molecule has 0 unspecified atom stereocenters. The van der Waals surface area contributed by atoms with E-state index in [4.69, 9.17) is 4.74 Å². The second kappa shape index (κ2) is 11.3. The van der Waals surface area contributed by atoms with Gasteiger partial charge >= 0.3 is 12.2 Å². The summed E-state index contributed by atoms with van der Waals surface area (Å²) in [6, 6.07) is 4.68. The maximum Gasteiger partial charge on any atom is 0.416 e. The number of anilines is 2. The van der Waals surface area contributed by atoms with Crippen LogP contribution in [0.3, 0.4) is 0 Å². The first kappa shape index (κ1) is 24.0. The number of halogens is 3. The number of aryl methyl sites for hydroxylation is 1. The number of thiazole rings is 1. The molecule has 0 radical (unpaired) electrons. The van der Waals surface area contributed by atoms with Gasteiger partial charge in [0.15, 0.2) is 5.13 Å². The van der Waals surface area contributed by atoms with E-state index >= 15 is 0 Å². The molecule has 0 aliphatic rings. The first-order chi connectivity index (χ1) is 15.4. The van der Waals surface area contributed by atoms with Gasteiger partial charge < -0.3 is 10.1 Å². The number of nitrogens with one attached hydrogen (secondary N) is 1. The van der Waals surface area contributed by atoms with Crippen LogP contribution in [0.2, 0.25) is 0 Å². The van der Waals surface area contributed by atoms with Crippen molar-refractivity contribution in [3.63, 3.8) is 0 Å². The van der Waals surface area contributed by atoms with Gasteiger partial charge in [0.25, 0.3) is 0 Å². The van der Waals surface area contributed by atoms with Gasteiger partial charge in [-0.25, -0.2) is 15.0 Å². The summed E-state index contributed by atoms with van der Waals surface area (Å²) >= 11 is 1.30. The smallest absolute Gasteiger partial charge is 0.416 e. The number of aromatic nitrogens is 3. The highest BCUT2D eigenvalue weighted by molar-refractivity contribution is 7.14. The van der Waals surface area contributed by atoms with Crippen LogP contribution in [0.15, 0.2) is 36.0 Å². The van der Waals surface area contributed by atoms with E-state index in [2.05, 4.69) is 27.2 Å². The Morgan fingerprint density at radius 1 is 1.03 bits per heavy atom. The molecule has 172 valence electrons. The normalized spacial score (nSPS) is 11.5. The van der Waals surface area contributed by atoms with Gasteiger partial charge in [-0.3, -0.25) is 0 Å². The van der Waals surface area contributed by atoms with Crippen LogP contribution in [0, 0.1) is 0 Å². The van der Waals surface area contributed by atoms with Crippen molar-refractivity contribution in [3.8, 4) is 17.3 Å². The van der Waals surface area contributed by atoms with Crippen molar-refractivity contribution < 1.29 is 17.9 Å². The molecular weight excluding hydrogens is 437 g/mol. The summed E-state index contributed by atoms with van der Waals surface area (Å²) in [6.07, 6.45) is 5.47. The molecule has 5 nitrogen and oxygen atoms in total. The van der Waals surface area contributed by atoms with E-state index in [-0.39, 0.29) is 6.01 Å². The van der Waals surface area contributed by atoms with E-state index in [0.717, 1.165) is 32.1 Å². The number of hydrogen-bond acceptors (Lipinski definition) is 6. The number of benzene rings is 1. The van der Waals surface area contributed by atoms with Crippen molar-refractivity contribution in [2.75, 3.05) is 12.4 Å². The molecule has 0 amide bonds. The average Bonchev–Trinajstić information content (AvgIpc) is 3.24. The molecule has 0 bridgehead atoms. The maximum absolute atomic E-state index is 13.7. The van der Waals surface area contributed by atoms with Crippen LogP contribution in [0.25, 0.3) is 11.3 Å². The minimum atomic E-state index is -4.40. The number of methoxy groups -OCH3 is 1. The Kier molecular flexibility index (Phi) is 8.44. The Morgan fingerprint density at radius 3 is 2.44 bits per heavy atom. The van der Waals surface area contributed by atoms with Gasteiger partial charge in [0, 0.05) is 29.0 Å². The lowest BCUT2D eigenvalue weighted by Gasteiger charge is -2.15. The molecule has 0 fully saturated rings. The summed E-state index contributed by atoms with van der Waals surface area (Å²) in [7, 11) is 1.48. The zero-order valence-corrected chi connectivity index (χ0v) is 19.0. The van der Waals surface area contributed by atoms with Crippen LogP contribution in [0.4, 0.5) is 24.0 Å². The van der Waals surface area contributed by atoms with Crippen molar-refractivity contribution in [1.29, 1.82) is 0 Å². The van der Waals surface area contributed by atoms with Crippen molar-refractivity contribution in [2.24, 2.45) is 0 Å². The van der Waals surface area contributed by atoms with Gasteiger partial charge in [-0.05, 0) is 30.5 Å². The Balaban J connectivity index is 1.68. The second-order valence-electron chi connectivity index (χ2n) is 7.51. The minimum absolute atomic E-state index is 0.253. The minimum Gasteiger partial charge on any atom is -0.467 e. The maximum atomic E-state index is 13.7. The highest BCUT2D eigenvalue weighted by Gasteiger charge is 2.33. The molecule has 2 heterocycles. The van der Waals surface area contributed by atoms with Crippen molar-refractivity contribution in [3.05, 3.63) is 47.1 Å². The number of ether oxygens (including phenoxy) is 1. The lowest BCUT2D eigenvalue weighted by atomic mass is 9.99. The topological polar surface area (TPSA) is 59.9 Å². The Morgan fingerprint density at radius 2 is 1.75 bits per heavy atom. The number of hydrogen-bond donors (Lipinski definition) is 1. The Hall–Kier alpha value is -2.68. The third-order valence-electron chi connectivity index (χ3n) is 5.08. The van der Waals surface area contributed by atoms with Gasteiger partial charge in [0.2, 0.25) is 0 Å². The number of rotatable bonds is 11. The molecule has 0 spiro atoms. The van der Waals surface area contributed by atoms with Gasteiger partial charge in [-0.15, -0.1) is 11.3 Å². The second-order valence-corrected chi connectivity index (χ2v) is 8.37. The summed E-state index contributed by atoms with van der Waals surface area (Å²) in [5, 5.41) is 5.28. The summed E-state index contributed by atoms with van der Waals surface area (Å²) in [5.41, 5.74) is 1.44. The van der Waals surface area contributed by atoms with Crippen LogP contribution in [0.1, 0.15) is 56.6 Å². The first-order valence-corrected chi connectivity index (χ1v) is 11.6. The Labute approximate surface area is 190 Å². The summed E-state index contributed by atoms with van der Waals surface area (Å²) in [6.45, 7) is 2.14. The van der Waals surface area contributed by atoms with Crippen molar-refractivity contribution in [2.45, 2.75) is 58.0 Å². The van der Waals surface area contributed by atoms with Crippen molar-refractivity contribution in [1.82, 2.24) is 15.0 Å². The molecule has 0 aliphatic heterocycles. The highest BCUT2D eigenvalue weighted by atomic mass is 32.1. The van der Waals surface area contributed by atoms with Crippen LogP contribution in [-0.2, 0) is 12.6 Å². The van der Waals surface area contributed by atoms with Crippen LogP contribution < -0.4 is 10.1 Å². The molecule has 0 saturated heterocycles. The molecule has 0 aliphatic carbocycles. The van der Waals surface area contributed by atoms with E-state index in [1.807, 2.05) is 0 Å². The molecule has 2 aromatic heterocycles. The van der Waals surface area contributed by atoms with E-state index < -0.39 is 11.7 Å². The molecule has 3 aromatic rings. The number of nitrogens with zero attached hydrogens (tertiary/aromatic N) is 3. The molecular formula is C23H27F3N4OS. The predicted molar refractivity (Wildman–Crippen MR) is 121 cm³/mol. The monoisotopic (exact) mass is 464 g/mol. The van der Waals surface area contributed by atoms with Gasteiger partial charge in [0.1, 0.15) is 0 Å². The van der Waals surface area contributed by atoms with Gasteiger partial charge in [-0.1, -0.05) is 45.1 Å². The summed E-state index contributed by atoms with van der Waals surface area (Å²) < 4.78 is 45.9. The SMILES string of the molecule is CCCCCCCCc1ccc(Nc2nc(-c3cnc(OC)nc3)cs2)cc1C(F)(F)F. The fourth-order valence-electron chi connectivity index (χ4n) is 3.37. The zero-order chi connectivity index (χ0) is 23.0. The van der Waals surface area contributed by atoms with E-state index in [9.17, 15) is 13.2 Å². The first-order valence-electron chi connectivity index (χ1n) is 10.7.